The van der Waals surface area contributed by atoms with Crippen LogP contribution in [0.1, 0.15) is 12.0 Å². The predicted octanol–water partition coefficient (Wildman–Crippen LogP) is 3.92. The number of hydrogen-bond donors (Lipinski definition) is 0. The van der Waals surface area contributed by atoms with E-state index in [4.69, 9.17) is 0 Å². The molecule has 0 unspecified atom stereocenters. The maximum atomic E-state index is 13.0. The van der Waals surface area contributed by atoms with E-state index >= 15 is 0 Å². The smallest absolute Gasteiger partial charge is 0.369 e. The molecule has 2 aromatic carbocycles. The van der Waals surface area contributed by atoms with Crippen LogP contribution in [-0.4, -0.2) is 48.9 Å². The number of amides is 2. The second kappa shape index (κ2) is 8.03. The number of alkyl halides is 3. The van der Waals surface area contributed by atoms with Crippen molar-refractivity contribution in [1.29, 1.82) is 0 Å². The molecule has 4 rings (SSSR count). The Labute approximate surface area is 180 Å². The summed E-state index contributed by atoms with van der Waals surface area (Å²) >= 11 is 3.34. The molecule has 0 radical (unpaired) electrons. The molecular formula is C21H19BrF3N3O2. The predicted molar refractivity (Wildman–Crippen MR) is 110 cm³/mol. The molecule has 2 aliphatic heterocycles. The maximum absolute atomic E-state index is 13.0. The average Bonchev–Trinajstić information content (AvgIpc) is 3.02. The van der Waals surface area contributed by atoms with Gasteiger partial charge in [-0.15, -0.1) is 0 Å². The number of rotatable bonds is 3. The zero-order chi connectivity index (χ0) is 21.5. The zero-order valence-electron chi connectivity index (χ0n) is 15.9. The molecule has 2 saturated heterocycles. The highest BCUT2D eigenvalue weighted by Crippen LogP contribution is 2.32. The highest BCUT2D eigenvalue weighted by Gasteiger charge is 2.43. The Morgan fingerprint density at radius 1 is 0.900 bits per heavy atom. The Kier molecular flexibility index (Phi) is 5.59. The van der Waals surface area contributed by atoms with Gasteiger partial charge >= 0.3 is 6.18 Å². The van der Waals surface area contributed by atoms with Gasteiger partial charge in [0.05, 0.1) is 23.7 Å². The number of piperazine rings is 1. The van der Waals surface area contributed by atoms with E-state index < -0.39 is 17.8 Å². The Bertz CT molecular complexity index is 957. The van der Waals surface area contributed by atoms with Crippen LogP contribution < -0.4 is 9.80 Å². The van der Waals surface area contributed by atoms with Crippen LogP contribution in [0.2, 0.25) is 0 Å². The van der Waals surface area contributed by atoms with E-state index in [9.17, 15) is 22.8 Å². The van der Waals surface area contributed by atoms with Crippen LogP contribution in [0.4, 0.5) is 24.5 Å². The number of hydrogen-bond acceptors (Lipinski definition) is 4. The monoisotopic (exact) mass is 481 g/mol. The first kappa shape index (κ1) is 20.9. The summed E-state index contributed by atoms with van der Waals surface area (Å²) in [5.41, 5.74) is 0.372. The molecule has 9 heteroatoms. The molecule has 2 amide bonds. The molecule has 2 aliphatic rings. The summed E-state index contributed by atoms with van der Waals surface area (Å²) in [5, 5.41) is 0. The number of anilines is 2. The van der Waals surface area contributed by atoms with Crippen LogP contribution in [0.25, 0.3) is 0 Å². The number of imide groups is 1. The minimum Gasteiger partial charge on any atom is -0.369 e. The highest BCUT2D eigenvalue weighted by atomic mass is 79.9. The summed E-state index contributed by atoms with van der Waals surface area (Å²) in [6, 6.07) is 11.7. The van der Waals surface area contributed by atoms with Gasteiger partial charge in [0, 0.05) is 36.3 Å². The standard InChI is InChI=1S/C21H19BrF3N3O2/c22-15-4-6-16(7-5-15)28-19(29)13-18(20(28)30)27-10-8-26(9-11-27)17-3-1-2-14(12-17)21(23,24)25/h1-7,12,18H,8-11,13H2/t18-/m1/s1. The normalized spacial score (nSPS) is 20.9. The molecule has 1 atom stereocenters. The molecule has 30 heavy (non-hydrogen) atoms. The Hall–Kier alpha value is -2.39. The van der Waals surface area contributed by atoms with Crippen molar-refractivity contribution in [2.24, 2.45) is 0 Å². The van der Waals surface area contributed by atoms with Crippen LogP contribution in [0, 0.1) is 0 Å². The van der Waals surface area contributed by atoms with Crippen LogP contribution in [0.15, 0.2) is 53.0 Å². The van der Waals surface area contributed by atoms with Gasteiger partial charge in [-0.3, -0.25) is 14.5 Å². The average molecular weight is 482 g/mol. The van der Waals surface area contributed by atoms with Crippen molar-refractivity contribution in [2.45, 2.75) is 18.6 Å². The van der Waals surface area contributed by atoms with Gasteiger partial charge in [-0.2, -0.15) is 13.2 Å². The Balaban J connectivity index is 1.43. The van der Waals surface area contributed by atoms with Gasteiger partial charge < -0.3 is 4.90 Å². The van der Waals surface area contributed by atoms with Crippen LogP contribution in [-0.2, 0) is 15.8 Å². The van der Waals surface area contributed by atoms with Gasteiger partial charge in [0.1, 0.15) is 0 Å². The fourth-order valence-electron chi connectivity index (χ4n) is 3.93. The van der Waals surface area contributed by atoms with Gasteiger partial charge in [0.15, 0.2) is 0 Å². The second-order valence-corrected chi connectivity index (χ2v) is 8.25. The maximum Gasteiger partial charge on any atom is 0.416 e. The SMILES string of the molecule is O=C1C[C@@H](N2CCN(c3cccc(C(F)(F)F)c3)CC2)C(=O)N1c1ccc(Br)cc1. The van der Waals surface area contributed by atoms with E-state index in [0.29, 0.717) is 37.6 Å². The fourth-order valence-corrected chi connectivity index (χ4v) is 4.20. The number of nitrogens with zero attached hydrogens (tertiary/aromatic N) is 3. The molecule has 0 bridgehead atoms. The summed E-state index contributed by atoms with van der Waals surface area (Å²) < 4.78 is 39.8. The first-order chi connectivity index (χ1) is 14.2. The largest absolute Gasteiger partial charge is 0.416 e. The van der Waals surface area contributed by atoms with Crippen LogP contribution in [0.3, 0.4) is 0 Å². The molecule has 0 spiro atoms. The molecule has 158 valence electrons. The molecule has 2 heterocycles. The van der Waals surface area contributed by atoms with E-state index in [1.807, 2.05) is 9.80 Å². The first-order valence-electron chi connectivity index (χ1n) is 9.52. The zero-order valence-corrected chi connectivity index (χ0v) is 17.5. The third-order valence-electron chi connectivity index (χ3n) is 5.50. The number of benzene rings is 2. The second-order valence-electron chi connectivity index (χ2n) is 7.33. The van der Waals surface area contributed by atoms with Gasteiger partial charge in [-0.25, -0.2) is 4.90 Å². The Morgan fingerprint density at radius 3 is 2.20 bits per heavy atom. The van der Waals surface area contributed by atoms with Crippen molar-refractivity contribution >= 4 is 39.1 Å². The molecule has 0 aromatic heterocycles. The lowest BCUT2D eigenvalue weighted by molar-refractivity contribution is -0.137. The summed E-state index contributed by atoms with van der Waals surface area (Å²) in [7, 11) is 0. The number of carbonyl (C=O) groups is 2. The summed E-state index contributed by atoms with van der Waals surface area (Å²) in [5.74, 6) is -0.498. The lowest BCUT2D eigenvalue weighted by atomic mass is 10.1. The highest BCUT2D eigenvalue weighted by molar-refractivity contribution is 9.10. The van der Waals surface area contributed by atoms with Crippen LogP contribution in [0.5, 0.6) is 0 Å². The number of halogens is 4. The minimum atomic E-state index is -4.38. The van der Waals surface area contributed by atoms with Crippen LogP contribution >= 0.6 is 15.9 Å². The van der Waals surface area contributed by atoms with Crippen molar-refractivity contribution in [3.8, 4) is 0 Å². The van der Waals surface area contributed by atoms with Crippen molar-refractivity contribution in [1.82, 2.24) is 4.90 Å². The molecule has 5 nitrogen and oxygen atoms in total. The molecule has 0 aliphatic carbocycles. The quantitative estimate of drug-likeness (QED) is 0.623. The minimum absolute atomic E-state index is 0.110. The van der Waals surface area contributed by atoms with Gasteiger partial charge in [-0.05, 0) is 42.5 Å². The molecule has 2 fully saturated rings. The Morgan fingerprint density at radius 2 is 1.57 bits per heavy atom. The van der Waals surface area contributed by atoms with Gasteiger partial charge in [0.2, 0.25) is 5.91 Å². The summed E-state index contributed by atoms with van der Waals surface area (Å²) in [6.07, 6.45) is -4.27. The van der Waals surface area contributed by atoms with E-state index in [-0.39, 0.29) is 18.2 Å². The van der Waals surface area contributed by atoms with E-state index in [0.717, 1.165) is 16.6 Å². The first-order valence-corrected chi connectivity index (χ1v) is 10.3. The summed E-state index contributed by atoms with van der Waals surface area (Å²) in [6.45, 7) is 1.96. The lowest BCUT2D eigenvalue weighted by Gasteiger charge is -2.38. The van der Waals surface area contributed by atoms with Crippen molar-refractivity contribution in [2.75, 3.05) is 36.0 Å². The number of carbonyl (C=O) groups excluding carboxylic acids is 2. The van der Waals surface area contributed by atoms with Gasteiger partial charge in [0.25, 0.3) is 5.91 Å². The lowest BCUT2D eigenvalue weighted by Crippen LogP contribution is -2.52. The van der Waals surface area contributed by atoms with E-state index in [2.05, 4.69) is 15.9 Å². The summed E-state index contributed by atoms with van der Waals surface area (Å²) in [4.78, 5) is 30.5. The third kappa shape index (κ3) is 4.09. The van der Waals surface area contributed by atoms with E-state index in [1.165, 1.54) is 11.0 Å². The van der Waals surface area contributed by atoms with Crippen molar-refractivity contribution < 1.29 is 22.8 Å². The fraction of sp³-hybridized carbons (Fsp3) is 0.333. The topological polar surface area (TPSA) is 43.9 Å². The third-order valence-corrected chi connectivity index (χ3v) is 6.03. The molecule has 0 N–H and O–H groups in total. The van der Waals surface area contributed by atoms with Gasteiger partial charge in [-0.1, -0.05) is 22.0 Å². The molecule has 0 saturated carbocycles. The van der Waals surface area contributed by atoms with Crippen molar-refractivity contribution in [3.63, 3.8) is 0 Å². The molecule has 2 aromatic rings. The van der Waals surface area contributed by atoms with E-state index in [1.54, 1.807) is 30.3 Å². The van der Waals surface area contributed by atoms with Crippen molar-refractivity contribution in [3.05, 3.63) is 58.6 Å². The molecular weight excluding hydrogens is 463 g/mol.